The maximum Gasteiger partial charge on any atom is 0.247 e. The average Bonchev–Trinajstić information content (AvgIpc) is 2.50. The molecule has 1 saturated carbocycles. The van der Waals surface area contributed by atoms with Gasteiger partial charge >= 0.3 is 0 Å². The molecule has 0 spiro atoms. The lowest BCUT2D eigenvalue weighted by molar-refractivity contribution is -0.125. The van der Waals surface area contributed by atoms with Crippen LogP contribution in [0.2, 0.25) is 0 Å². The minimum atomic E-state index is -0.577. The Balaban J connectivity index is 1.74. The Morgan fingerprint density at radius 2 is 2.12 bits per heavy atom. The van der Waals surface area contributed by atoms with Gasteiger partial charge in [0.25, 0.3) is 0 Å². The molecule has 130 valence electrons. The second kappa shape index (κ2) is 7.21. The summed E-state index contributed by atoms with van der Waals surface area (Å²) in [4.78, 5) is 24.1. The van der Waals surface area contributed by atoms with Crippen LogP contribution >= 0.6 is 0 Å². The standard InChI is InChI=1S/C18H24N2O4/c1-11(21)19-15(10-12-4-2-5-12)18(23)20-14-7-3-6-13-16(22)8-9-24-17(13)14/h3,6-7,12,15-16,22H,2,4-5,8-10H2,1H3,(H,19,21)(H,20,23)/t15-,16?/m1/s1. The van der Waals surface area contributed by atoms with E-state index in [9.17, 15) is 14.7 Å². The number of ether oxygens (including phenoxy) is 1. The first-order valence-electron chi connectivity index (χ1n) is 8.56. The number of carbonyl (C=O) groups excluding carboxylic acids is 2. The van der Waals surface area contributed by atoms with Crippen molar-refractivity contribution in [2.45, 2.75) is 51.2 Å². The second-order valence-electron chi connectivity index (χ2n) is 6.65. The van der Waals surface area contributed by atoms with E-state index >= 15 is 0 Å². The number of aliphatic hydroxyl groups is 1. The molecule has 6 heteroatoms. The van der Waals surface area contributed by atoms with Crippen LogP contribution in [0.4, 0.5) is 5.69 Å². The van der Waals surface area contributed by atoms with Crippen LogP contribution in [0.5, 0.6) is 5.75 Å². The summed E-state index contributed by atoms with van der Waals surface area (Å²) in [6.45, 7) is 1.84. The van der Waals surface area contributed by atoms with Crippen LogP contribution in [-0.2, 0) is 9.59 Å². The zero-order valence-corrected chi connectivity index (χ0v) is 13.9. The highest BCUT2D eigenvalue weighted by Gasteiger charge is 2.29. The van der Waals surface area contributed by atoms with Crippen LogP contribution in [0.3, 0.4) is 0 Å². The molecule has 2 aliphatic rings. The number of carbonyl (C=O) groups is 2. The van der Waals surface area contributed by atoms with E-state index in [0.29, 0.717) is 42.4 Å². The third kappa shape index (κ3) is 3.70. The monoisotopic (exact) mass is 332 g/mol. The van der Waals surface area contributed by atoms with Crippen molar-refractivity contribution in [2.24, 2.45) is 5.92 Å². The summed E-state index contributed by atoms with van der Waals surface area (Å²) in [6, 6.07) is 4.79. The van der Waals surface area contributed by atoms with E-state index in [1.54, 1.807) is 18.2 Å². The Morgan fingerprint density at radius 3 is 2.79 bits per heavy atom. The summed E-state index contributed by atoms with van der Waals surface area (Å²) in [5, 5.41) is 15.7. The number of fused-ring (bicyclic) bond motifs is 1. The average molecular weight is 332 g/mol. The van der Waals surface area contributed by atoms with Gasteiger partial charge in [-0.05, 0) is 18.4 Å². The Kier molecular flexibility index (Phi) is 5.04. The van der Waals surface area contributed by atoms with Crippen LogP contribution in [0.15, 0.2) is 18.2 Å². The molecular weight excluding hydrogens is 308 g/mol. The lowest BCUT2D eigenvalue weighted by atomic mass is 9.80. The van der Waals surface area contributed by atoms with Crippen LogP contribution in [0.1, 0.15) is 50.7 Å². The van der Waals surface area contributed by atoms with Gasteiger partial charge in [-0.1, -0.05) is 31.4 Å². The summed E-state index contributed by atoms with van der Waals surface area (Å²) in [6.07, 6.45) is 4.03. The van der Waals surface area contributed by atoms with E-state index in [4.69, 9.17) is 4.74 Å². The van der Waals surface area contributed by atoms with E-state index in [1.807, 2.05) is 0 Å². The van der Waals surface area contributed by atoms with Gasteiger partial charge in [-0.15, -0.1) is 0 Å². The predicted octanol–water partition coefficient (Wildman–Crippen LogP) is 2.14. The number of benzene rings is 1. The van der Waals surface area contributed by atoms with Crippen LogP contribution < -0.4 is 15.4 Å². The minimum absolute atomic E-state index is 0.212. The molecule has 0 saturated heterocycles. The second-order valence-corrected chi connectivity index (χ2v) is 6.65. The number of anilines is 1. The lowest BCUT2D eigenvalue weighted by Crippen LogP contribution is -2.44. The van der Waals surface area contributed by atoms with Crippen molar-refractivity contribution < 1.29 is 19.4 Å². The lowest BCUT2D eigenvalue weighted by Gasteiger charge is -2.30. The van der Waals surface area contributed by atoms with Crippen molar-refractivity contribution in [3.05, 3.63) is 23.8 Å². The summed E-state index contributed by atoms with van der Waals surface area (Å²) in [5.41, 5.74) is 1.23. The largest absolute Gasteiger partial charge is 0.491 e. The molecule has 6 nitrogen and oxygen atoms in total. The maximum atomic E-state index is 12.6. The number of rotatable bonds is 5. The van der Waals surface area contributed by atoms with E-state index < -0.39 is 12.1 Å². The Bertz CT molecular complexity index is 627. The van der Waals surface area contributed by atoms with Crippen molar-refractivity contribution in [2.75, 3.05) is 11.9 Å². The van der Waals surface area contributed by atoms with Crippen LogP contribution in [0, 0.1) is 5.92 Å². The molecule has 3 N–H and O–H groups in total. The molecule has 1 unspecified atom stereocenters. The zero-order chi connectivity index (χ0) is 17.1. The van der Waals surface area contributed by atoms with Gasteiger partial charge in [-0.25, -0.2) is 0 Å². The van der Waals surface area contributed by atoms with Crippen molar-refractivity contribution >= 4 is 17.5 Å². The van der Waals surface area contributed by atoms with Crippen LogP contribution in [-0.4, -0.2) is 29.6 Å². The number of hydrogen-bond acceptors (Lipinski definition) is 4. The molecule has 1 aromatic carbocycles. The summed E-state index contributed by atoms with van der Waals surface area (Å²) >= 11 is 0. The Hall–Kier alpha value is -2.08. The van der Waals surface area contributed by atoms with Gasteiger partial charge < -0.3 is 20.5 Å². The van der Waals surface area contributed by atoms with Gasteiger partial charge in [0.2, 0.25) is 11.8 Å². The number of hydrogen-bond donors (Lipinski definition) is 3. The number of amides is 2. The molecule has 0 aromatic heterocycles. The van der Waals surface area contributed by atoms with E-state index in [1.165, 1.54) is 13.3 Å². The van der Waals surface area contributed by atoms with Gasteiger partial charge in [0, 0.05) is 18.9 Å². The molecule has 0 radical (unpaired) electrons. The first-order chi connectivity index (χ1) is 11.5. The minimum Gasteiger partial charge on any atom is -0.491 e. The molecule has 2 amide bonds. The molecule has 2 atom stereocenters. The first kappa shape index (κ1) is 16.8. The smallest absolute Gasteiger partial charge is 0.247 e. The van der Waals surface area contributed by atoms with E-state index in [0.717, 1.165) is 12.8 Å². The van der Waals surface area contributed by atoms with Crippen molar-refractivity contribution in [3.8, 4) is 5.75 Å². The molecule has 3 rings (SSSR count). The molecule has 0 bridgehead atoms. The molecule has 1 aliphatic heterocycles. The van der Waals surface area contributed by atoms with Gasteiger partial charge in [0.1, 0.15) is 11.8 Å². The fraction of sp³-hybridized carbons (Fsp3) is 0.556. The zero-order valence-electron chi connectivity index (χ0n) is 13.9. The van der Waals surface area contributed by atoms with Crippen LogP contribution in [0.25, 0.3) is 0 Å². The molecule has 1 fully saturated rings. The summed E-state index contributed by atoms with van der Waals surface area (Å²) in [5.74, 6) is 0.565. The molecule has 1 aromatic rings. The number of aliphatic hydroxyl groups excluding tert-OH is 1. The highest BCUT2D eigenvalue weighted by atomic mass is 16.5. The quantitative estimate of drug-likeness (QED) is 0.771. The van der Waals surface area contributed by atoms with E-state index in [-0.39, 0.29) is 11.8 Å². The van der Waals surface area contributed by atoms with E-state index in [2.05, 4.69) is 10.6 Å². The molecular formula is C18H24N2O4. The number of para-hydroxylation sites is 1. The summed E-state index contributed by atoms with van der Waals surface area (Å²) < 4.78 is 5.64. The van der Waals surface area contributed by atoms with Crippen molar-refractivity contribution in [3.63, 3.8) is 0 Å². The normalized spacial score (nSPS) is 21.0. The highest BCUT2D eigenvalue weighted by molar-refractivity contribution is 5.98. The highest BCUT2D eigenvalue weighted by Crippen LogP contribution is 2.38. The SMILES string of the molecule is CC(=O)N[C@H](CC1CCC1)C(=O)Nc1cccc2c1OCCC2O. The number of nitrogens with one attached hydrogen (secondary N) is 2. The molecule has 1 aliphatic carbocycles. The Morgan fingerprint density at radius 1 is 1.33 bits per heavy atom. The Labute approximate surface area is 141 Å². The fourth-order valence-corrected chi connectivity index (χ4v) is 3.26. The van der Waals surface area contributed by atoms with Crippen molar-refractivity contribution in [1.82, 2.24) is 5.32 Å². The third-order valence-corrected chi connectivity index (χ3v) is 4.79. The topological polar surface area (TPSA) is 87.7 Å². The third-order valence-electron chi connectivity index (χ3n) is 4.79. The van der Waals surface area contributed by atoms with Gasteiger partial charge in [0.05, 0.1) is 18.4 Å². The molecule has 24 heavy (non-hydrogen) atoms. The van der Waals surface area contributed by atoms with Crippen molar-refractivity contribution in [1.29, 1.82) is 0 Å². The maximum absolute atomic E-state index is 12.6. The van der Waals surface area contributed by atoms with Gasteiger partial charge in [-0.3, -0.25) is 9.59 Å². The predicted molar refractivity (Wildman–Crippen MR) is 89.7 cm³/mol. The fourth-order valence-electron chi connectivity index (χ4n) is 3.26. The molecule has 1 heterocycles. The van der Waals surface area contributed by atoms with Gasteiger partial charge in [-0.2, -0.15) is 0 Å². The summed E-state index contributed by atoms with van der Waals surface area (Å²) in [7, 11) is 0. The van der Waals surface area contributed by atoms with Gasteiger partial charge in [0.15, 0.2) is 0 Å². The first-order valence-corrected chi connectivity index (χ1v) is 8.56.